The molecular formula is C10H11BrN2. The topological polar surface area (TPSA) is 17.2 Å². The maximum Gasteiger partial charge on any atom is 0.209 e. The van der Waals surface area contributed by atoms with Gasteiger partial charge in [-0.2, -0.15) is 0 Å². The first-order valence-corrected chi connectivity index (χ1v) is 4.77. The molecule has 0 spiro atoms. The van der Waals surface area contributed by atoms with Crippen LogP contribution in [0.1, 0.15) is 26.3 Å². The molecule has 0 fully saturated rings. The summed E-state index contributed by atoms with van der Waals surface area (Å²) in [5.74, 6) is 0. The van der Waals surface area contributed by atoms with Gasteiger partial charge in [0, 0.05) is 16.9 Å². The molecule has 1 aromatic rings. The summed E-state index contributed by atoms with van der Waals surface area (Å²) < 4.78 is 0.911. The van der Waals surface area contributed by atoms with E-state index in [1.54, 1.807) is 12.4 Å². The number of aromatic nitrogens is 1. The van der Waals surface area contributed by atoms with Gasteiger partial charge >= 0.3 is 0 Å². The van der Waals surface area contributed by atoms with Gasteiger partial charge in [-0.05, 0) is 11.0 Å². The molecule has 0 amide bonds. The summed E-state index contributed by atoms with van der Waals surface area (Å²) in [6, 6.07) is 0. The molecule has 68 valence electrons. The summed E-state index contributed by atoms with van der Waals surface area (Å²) in [4.78, 5) is 7.42. The Morgan fingerprint density at radius 2 is 2.00 bits per heavy atom. The lowest BCUT2D eigenvalue weighted by molar-refractivity contribution is 0.589. The Bertz CT molecular complexity index is 358. The molecule has 0 aliphatic rings. The van der Waals surface area contributed by atoms with Gasteiger partial charge in [-0.25, -0.2) is 4.85 Å². The molecule has 1 heterocycles. The van der Waals surface area contributed by atoms with Crippen LogP contribution >= 0.6 is 15.9 Å². The molecule has 0 bridgehead atoms. The summed E-state index contributed by atoms with van der Waals surface area (Å²) >= 11 is 3.42. The van der Waals surface area contributed by atoms with Crippen molar-refractivity contribution in [3.8, 4) is 0 Å². The highest BCUT2D eigenvalue weighted by atomic mass is 79.9. The fourth-order valence-corrected chi connectivity index (χ4v) is 2.17. The molecule has 3 heteroatoms. The molecule has 1 rings (SSSR count). The van der Waals surface area contributed by atoms with Crippen LogP contribution in [0.15, 0.2) is 16.9 Å². The minimum atomic E-state index is -0.0261. The van der Waals surface area contributed by atoms with Gasteiger partial charge in [0.15, 0.2) is 0 Å². The zero-order valence-electron chi connectivity index (χ0n) is 7.93. The van der Waals surface area contributed by atoms with Gasteiger partial charge in [0.25, 0.3) is 0 Å². The van der Waals surface area contributed by atoms with Gasteiger partial charge in [-0.15, -0.1) is 0 Å². The van der Waals surface area contributed by atoms with Crippen LogP contribution < -0.4 is 0 Å². The standard InChI is InChI=1S/C10H11BrN2/c1-10(2,3)9-7(11)5-13-6-8(9)12-4/h5-6H,1-3H3. The normalized spacial score (nSPS) is 11.0. The smallest absolute Gasteiger partial charge is 0.209 e. The van der Waals surface area contributed by atoms with Crippen LogP contribution in [0.3, 0.4) is 0 Å². The number of hydrogen-bond acceptors (Lipinski definition) is 1. The zero-order valence-corrected chi connectivity index (χ0v) is 9.51. The first kappa shape index (κ1) is 10.2. The average molecular weight is 239 g/mol. The first-order chi connectivity index (χ1) is 5.96. The van der Waals surface area contributed by atoms with Crippen LogP contribution in [0.4, 0.5) is 5.69 Å². The molecule has 0 unspecified atom stereocenters. The Hall–Kier alpha value is -0.880. The number of hydrogen-bond donors (Lipinski definition) is 0. The molecule has 1 aromatic heterocycles. The summed E-state index contributed by atoms with van der Waals surface area (Å²) in [5, 5.41) is 0. The molecule has 0 radical (unpaired) electrons. The van der Waals surface area contributed by atoms with Gasteiger partial charge in [0.05, 0.1) is 6.57 Å². The van der Waals surface area contributed by atoms with Crippen LogP contribution in [-0.2, 0) is 5.41 Å². The summed E-state index contributed by atoms with van der Waals surface area (Å²) in [6.45, 7) is 13.3. The summed E-state index contributed by atoms with van der Waals surface area (Å²) in [5.41, 5.74) is 1.63. The Balaban J connectivity index is 3.43. The molecule has 0 aliphatic carbocycles. The molecule has 0 atom stereocenters. The van der Waals surface area contributed by atoms with Crippen molar-refractivity contribution in [1.29, 1.82) is 0 Å². The second kappa shape index (κ2) is 3.47. The fourth-order valence-electron chi connectivity index (χ4n) is 1.25. The lowest BCUT2D eigenvalue weighted by atomic mass is 9.87. The van der Waals surface area contributed by atoms with Crippen molar-refractivity contribution in [3.05, 3.63) is 33.8 Å². The SMILES string of the molecule is [C-]#[N+]c1cncc(Br)c1C(C)(C)C. The van der Waals surface area contributed by atoms with Crippen molar-refractivity contribution in [3.63, 3.8) is 0 Å². The van der Waals surface area contributed by atoms with Crippen molar-refractivity contribution < 1.29 is 0 Å². The van der Waals surface area contributed by atoms with Gasteiger partial charge in [0.1, 0.15) is 0 Å². The number of halogens is 1. The van der Waals surface area contributed by atoms with Gasteiger partial charge < -0.3 is 0 Å². The highest BCUT2D eigenvalue weighted by Crippen LogP contribution is 2.36. The van der Waals surface area contributed by atoms with E-state index in [0.29, 0.717) is 5.69 Å². The zero-order chi connectivity index (χ0) is 10.1. The third-order valence-electron chi connectivity index (χ3n) is 1.75. The van der Waals surface area contributed by atoms with E-state index in [1.165, 1.54) is 0 Å². The van der Waals surface area contributed by atoms with E-state index < -0.39 is 0 Å². The molecule has 0 saturated heterocycles. The highest BCUT2D eigenvalue weighted by Gasteiger charge is 2.20. The predicted octanol–water partition coefficient (Wildman–Crippen LogP) is 3.69. The molecule has 0 aliphatic heterocycles. The van der Waals surface area contributed by atoms with Gasteiger partial charge in [0.2, 0.25) is 5.69 Å². The summed E-state index contributed by atoms with van der Waals surface area (Å²) in [6.07, 6.45) is 3.34. The number of nitrogens with zero attached hydrogens (tertiary/aromatic N) is 2. The molecule has 0 aromatic carbocycles. The minimum absolute atomic E-state index is 0.0261. The Kier molecular flexibility index (Phi) is 2.72. The van der Waals surface area contributed by atoms with Crippen molar-refractivity contribution in [2.45, 2.75) is 26.2 Å². The van der Waals surface area contributed by atoms with E-state index in [0.717, 1.165) is 10.0 Å². The van der Waals surface area contributed by atoms with Crippen LogP contribution in [0.2, 0.25) is 0 Å². The summed E-state index contributed by atoms with van der Waals surface area (Å²) in [7, 11) is 0. The predicted molar refractivity (Wildman–Crippen MR) is 56.9 cm³/mol. The Morgan fingerprint density at radius 3 is 2.38 bits per heavy atom. The minimum Gasteiger partial charge on any atom is -0.275 e. The van der Waals surface area contributed by atoms with Crippen LogP contribution in [0, 0.1) is 6.57 Å². The van der Waals surface area contributed by atoms with E-state index in [2.05, 4.69) is 46.5 Å². The molecule has 13 heavy (non-hydrogen) atoms. The van der Waals surface area contributed by atoms with Gasteiger partial charge in [-0.1, -0.05) is 36.7 Å². The quantitative estimate of drug-likeness (QED) is 0.631. The first-order valence-electron chi connectivity index (χ1n) is 3.98. The van der Waals surface area contributed by atoms with Gasteiger partial charge in [-0.3, -0.25) is 4.98 Å². The molecule has 2 nitrogen and oxygen atoms in total. The second-order valence-corrected chi connectivity index (χ2v) is 4.73. The van der Waals surface area contributed by atoms with Crippen LogP contribution in [-0.4, -0.2) is 4.98 Å². The highest BCUT2D eigenvalue weighted by molar-refractivity contribution is 9.10. The van der Waals surface area contributed by atoms with E-state index in [9.17, 15) is 0 Å². The largest absolute Gasteiger partial charge is 0.275 e. The van der Waals surface area contributed by atoms with E-state index in [1.807, 2.05) is 0 Å². The van der Waals surface area contributed by atoms with E-state index in [4.69, 9.17) is 6.57 Å². The molecular weight excluding hydrogens is 228 g/mol. The fraction of sp³-hybridized carbons (Fsp3) is 0.400. The lowest BCUT2D eigenvalue weighted by Crippen LogP contribution is -2.12. The third-order valence-corrected chi connectivity index (χ3v) is 2.35. The monoisotopic (exact) mass is 238 g/mol. The van der Waals surface area contributed by atoms with E-state index in [-0.39, 0.29) is 5.41 Å². The van der Waals surface area contributed by atoms with Crippen molar-refractivity contribution in [2.75, 3.05) is 0 Å². The van der Waals surface area contributed by atoms with Crippen LogP contribution in [0.5, 0.6) is 0 Å². The van der Waals surface area contributed by atoms with Crippen molar-refractivity contribution >= 4 is 21.6 Å². The van der Waals surface area contributed by atoms with E-state index >= 15 is 0 Å². The lowest BCUT2D eigenvalue weighted by Gasteiger charge is -2.21. The van der Waals surface area contributed by atoms with Crippen LogP contribution in [0.25, 0.3) is 4.85 Å². The Morgan fingerprint density at radius 1 is 1.38 bits per heavy atom. The second-order valence-electron chi connectivity index (χ2n) is 3.88. The number of rotatable bonds is 0. The van der Waals surface area contributed by atoms with Crippen molar-refractivity contribution in [2.24, 2.45) is 0 Å². The molecule has 0 saturated carbocycles. The maximum atomic E-state index is 7.03. The average Bonchev–Trinajstić information content (AvgIpc) is 2.01. The Labute approximate surface area is 86.9 Å². The number of pyridine rings is 1. The molecule has 0 N–H and O–H groups in total. The third kappa shape index (κ3) is 2.07. The maximum absolute atomic E-state index is 7.03. The van der Waals surface area contributed by atoms with Crippen molar-refractivity contribution in [1.82, 2.24) is 4.98 Å².